The van der Waals surface area contributed by atoms with Gasteiger partial charge < -0.3 is 5.11 Å². The van der Waals surface area contributed by atoms with Crippen LogP contribution in [0.4, 0.5) is 0 Å². The third-order valence-electron chi connectivity index (χ3n) is 1.76. The molecule has 0 saturated carbocycles. The van der Waals surface area contributed by atoms with Crippen LogP contribution >= 0.6 is 23.2 Å². The molecule has 14 heavy (non-hydrogen) atoms. The van der Waals surface area contributed by atoms with Crippen molar-refractivity contribution in [1.29, 1.82) is 0 Å². The molecule has 0 saturated heterocycles. The van der Waals surface area contributed by atoms with Gasteiger partial charge in [-0.1, -0.05) is 30.1 Å². The lowest BCUT2D eigenvalue weighted by Crippen LogP contribution is -2.04. The van der Waals surface area contributed by atoms with E-state index in [9.17, 15) is 4.79 Å². The Balaban J connectivity index is 2.93. The van der Waals surface area contributed by atoms with Crippen LogP contribution in [0.25, 0.3) is 0 Å². The van der Waals surface area contributed by atoms with E-state index in [1.165, 1.54) is 6.07 Å². The summed E-state index contributed by atoms with van der Waals surface area (Å²) in [5.74, 6) is -1.12. The number of halogens is 2. The molecular weight excluding hydrogens is 227 g/mol. The Morgan fingerprint density at radius 3 is 2.79 bits per heavy atom. The first-order valence-electron chi connectivity index (χ1n) is 3.91. The fraction of sp³-hybridized carbons (Fsp3) is 0.375. The molecule has 0 aliphatic carbocycles. The fourth-order valence-electron chi connectivity index (χ4n) is 1.08. The molecule has 4 nitrogen and oxygen atoms in total. The van der Waals surface area contributed by atoms with Gasteiger partial charge in [0.15, 0.2) is 10.3 Å². The molecule has 1 aromatic heterocycles. The lowest BCUT2D eigenvalue weighted by molar-refractivity contribution is -0.137. The monoisotopic (exact) mass is 234 g/mol. The Morgan fingerprint density at radius 1 is 1.57 bits per heavy atom. The van der Waals surface area contributed by atoms with Crippen molar-refractivity contribution < 1.29 is 9.90 Å². The number of aromatic nitrogens is 2. The molecule has 76 valence electrons. The first-order chi connectivity index (χ1) is 6.50. The number of rotatable bonds is 3. The number of carboxylic acids is 1. The van der Waals surface area contributed by atoms with Crippen molar-refractivity contribution in [3.8, 4) is 0 Å². The number of carbonyl (C=O) groups is 1. The summed E-state index contributed by atoms with van der Waals surface area (Å²) in [5.41, 5.74) is 0.606. The van der Waals surface area contributed by atoms with Gasteiger partial charge in [0.1, 0.15) is 0 Å². The second-order valence-electron chi connectivity index (χ2n) is 2.91. The fourth-order valence-corrected chi connectivity index (χ4v) is 1.52. The minimum Gasteiger partial charge on any atom is -0.481 e. The normalized spacial score (nSPS) is 12.5. The van der Waals surface area contributed by atoms with Gasteiger partial charge in [-0.2, -0.15) is 0 Å². The van der Waals surface area contributed by atoms with E-state index >= 15 is 0 Å². The maximum absolute atomic E-state index is 10.5. The molecule has 0 aromatic carbocycles. The van der Waals surface area contributed by atoms with Crippen molar-refractivity contribution in [3.63, 3.8) is 0 Å². The number of nitrogens with zero attached hydrogens (tertiary/aromatic N) is 2. The number of aliphatic carboxylic acids is 1. The summed E-state index contributed by atoms with van der Waals surface area (Å²) >= 11 is 11.4. The predicted molar refractivity (Wildman–Crippen MR) is 52.7 cm³/mol. The minimum atomic E-state index is -0.887. The molecule has 1 rings (SSSR count). The highest BCUT2D eigenvalue weighted by atomic mass is 35.5. The Labute approximate surface area is 90.9 Å². The van der Waals surface area contributed by atoms with Crippen LogP contribution < -0.4 is 0 Å². The van der Waals surface area contributed by atoms with Crippen LogP contribution in [0.15, 0.2) is 6.07 Å². The molecule has 1 heterocycles. The zero-order valence-electron chi connectivity index (χ0n) is 7.37. The van der Waals surface area contributed by atoms with Crippen molar-refractivity contribution in [3.05, 3.63) is 21.9 Å². The van der Waals surface area contributed by atoms with Gasteiger partial charge in [0.25, 0.3) is 0 Å². The van der Waals surface area contributed by atoms with E-state index in [1.54, 1.807) is 6.92 Å². The topological polar surface area (TPSA) is 63.1 Å². The van der Waals surface area contributed by atoms with Crippen LogP contribution in [0, 0.1) is 0 Å². The first kappa shape index (κ1) is 11.2. The van der Waals surface area contributed by atoms with E-state index in [0.717, 1.165) is 0 Å². The zero-order valence-corrected chi connectivity index (χ0v) is 8.88. The molecule has 0 fully saturated rings. The minimum absolute atomic E-state index is 0.0122. The van der Waals surface area contributed by atoms with E-state index in [2.05, 4.69) is 10.2 Å². The second kappa shape index (κ2) is 4.57. The van der Waals surface area contributed by atoms with Gasteiger partial charge in [-0.05, 0) is 17.5 Å². The summed E-state index contributed by atoms with van der Waals surface area (Å²) < 4.78 is 0. The lowest BCUT2D eigenvalue weighted by atomic mass is 10.0. The summed E-state index contributed by atoms with van der Waals surface area (Å²) in [5, 5.41) is 16.1. The number of carboxylic acid groups (broad SMARTS) is 1. The molecule has 1 N–H and O–H groups in total. The maximum Gasteiger partial charge on any atom is 0.303 e. The Morgan fingerprint density at radius 2 is 2.21 bits per heavy atom. The average molecular weight is 235 g/mol. The summed E-state index contributed by atoms with van der Waals surface area (Å²) in [6, 6.07) is 1.53. The van der Waals surface area contributed by atoms with Crippen LogP contribution in [0.5, 0.6) is 0 Å². The van der Waals surface area contributed by atoms with E-state index < -0.39 is 5.97 Å². The highest BCUT2D eigenvalue weighted by Gasteiger charge is 2.15. The van der Waals surface area contributed by atoms with Crippen molar-refractivity contribution in [2.75, 3.05) is 0 Å². The van der Waals surface area contributed by atoms with Gasteiger partial charge in [-0.15, -0.1) is 10.2 Å². The quantitative estimate of drug-likeness (QED) is 0.873. The van der Waals surface area contributed by atoms with Gasteiger partial charge in [-0.25, -0.2) is 0 Å². The standard InChI is InChI=1S/C8H8Cl2N2O2/c1-4(2-7(13)14)5-3-6(9)11-12-8(5)10/h3-4H,2H2,1H3,(H,13,14). The van der Waals surface area contributed by atoms with Crippen LogP contribution in [0.3, 0.4) is 0 Å². The van der Waals surface area contributed by atoms with Gasteiger partial charge in [0.05, 0.1) is 6.42 Å². The maximum atomic E-state index is 10.5. The van der Waals surface area contributed by atoms with Crippen molar-refractivity contribution in [1.82, 2.24) is 10.2 Å². The lowest BCUT2D eigenvalue weighted by Gasteiger charge is -2.09. The SMILES string of the molecule is CC(CC(=O)O)c1cc(Cl)nnc1Cl. The van der Waals surface area contributed by atoms with E-state index in [4.69, 9.17) is 28.3 Å². The first-order valence-corrected chi connectivity index (χ1v) is 4.66. The van der Waals surface area contributed by atoms with E-state index in [1.807, 2.05) is 0 Å². The molecule has 1 unspecified atom stereocenters. The molecule has 0 bridgehead atoms. The molecule has 1 atom stereocenters. The van der Waals surface area contributed by atoms with Crippen LogP contribution in [-0.2, 0) is 4.79 Å². The Bertz CT molecular complexity index is 357. The van der Waals surface area contributed by atoms with Crippen LogP contribution in [0.1, 0.15) is 24.8 Å². The number of hydrogen-bond donors (Lipinski definition) is 1. The van der Waals surface area contributed by atoms with Crippen molar-refractivity contribution >= 4 is 29.2 Å². The van der Waals surface area contributed by atoms with E-state index in [-0.39, 0.29) is 22.6 Å². The summed E-state index contributed by atoms with van der Waals surface area (Å²) in [4.78, 5) is 10.5. The molecule has 0 radical (unpaired) electrons. The third kappa shape index (κ3) is 2.82. The Hall–Kier alpha value is -0.870. The van der Waals surface area contributed by atoms with Gasteiger partial charge in [0, 0.05) is 0 Å². The average Bonchev–Trinajstić information content (AvgIpc) is 2.08. The molecule has 0 aliphatic rings. The number of hydrogen-bond acceptors (Lipinski definition) is 3. The molecule has 0 spiro atoms. The highest BCUT2D eigenvalue weighted by Crippen LogP contribution is 2.26. The molecule has 0 aliphatic heterocycles. The zero-order chi connectivity index (χ0) is 10.7. The summed E-state index contributed by atoms with van der Waals surface area (Å²) in [7, 11) is 0. The highest BCUT2D eigenvalue weighted by molar-refractivity contribution is 6.31. The summed E-state index contributed by atoms with van der Waals surface area (Å²) in [6.45, 7) is 1.74. The smallest absolute Gasteiger partial charge is 0.303 e. The van der Waals surface area contributed by atoms with Crippen molar-refractivity contribution in [2.45, 2.75) is 19.3 Å². The largest absolute Gasteiger partial charge is 0.481 e. The molecule has 0 amide bonds. The second-order valence-corrected chi connectivity index (χ2v) is 3.66. The van der Waals surface area contributed by atoms with Crippen LogP contribution in [-0.4, -0.2) is 21.3 Å². The van der Waals surface area contributed by atoms with Crippen molar-refractivity contribution in [2.24, 2.45) is 0 Å². The molecular formula is C8H8Cl2N2O2. The Kier molecular flexibility index (Phi) is 3.66. The van der Waals surface area contributed by atoms with Crippen LogP contribution in [0.2, 0.25) is 10.3 Å². The van der Waals surface area contributed by atoms with Gasteiger partial charge in [0.2, 0.25) is 0 Å². The summed E-state index contributed by atoms with van der Waals surface area (Å²) in [6.07, 6.45) is -0.0122. The predicted octanol–water partition coefficient (Wildman–Crippen LogP) is 2.36. The van der Waals surface area contributed by atoms with E-state index in [0.29, 0.717) is 5.56 Å². The van der Waals surface area contributed by atoms with Gasteiger partial charge >= 0.3 is 5.97 Å². The molecule has 1 aromatic rings. The third-order valence-corrected chi connectivity index (χ3v) is 2.24. The van der Waals surface area contributed by atoms with Gasteiger partial charge in [-0.3, -0.25) is 4.79 Å². The molecule has 6 heteroatoms.